The molecule has 2 heterocycles. The first-order valence-electron chi connectivity index (χ1n) is 11.6. The Balaban J connectivity index is 1.46. The Morgan fingerprint density at radius 2 is 1.94 bits per heavy atom. The molecule has 2 fully saturated rings. The number of likely N-dealkylation sites (N-methyl/N-ethyl adjacent to an activating group) is 1. The van der Waals surface area contributed by atoms with Gasteiger partial charge in [0.1, 0.15) is 5.54 Å². The van der Waals surface area contributed by atoms with E-state index in [-0.39, 0.29) is 11.8 Å². The highest BCUT2D eigenvalue weighted by molar-refractivity contribution is 5.84. The Morgan fingerprint density at radius 3 is 2.53 bits per heavy atom. The van der Waals surface area contributed by atoms with Gasteiger partial charge in [0, 0.05) is 26.2 Å². The zero-order chi connectivity index (χ0) is 22.6. The number of ether oxygens (including phenoxy) is 2. The van der Waals surface area contributed by atoms with Crippen molar-refractivity contribution in [3.8, 4) is 6.07 Å². The van der Waals surface area contributed by atoms with Crippen LogP contribution in [0.1, 0.15) is 30.9 Å². The van der Waals surface area contributed by atoms with E-state index in [0.29, 0.717) is 45.7 Å². The third kappa shape index (κ3) is 5.05. The van der Waals surface area contributed by atoms with E-state index in [9.17, 15) is 14.9 Å². The molecule has 172 valence electrons. The molecular weight excluding hydrogens is 408 g/mol. The molecular formula is C24H32N4O4. The van der Waals surface area contributed by atoms with Crippen LogP contribution in [0.2, 0.25) is 0 Å². The molecule has 0 bridgehead atoms. The number of amides is 2. The van der Waals surface area contributed by atoms with Gasteiger partial charge in [-0.3, -0.25) is 4.79 Å². The van der Waals surface area contributed by atoms with Gasteiger partial charge in [-0.15, -0.1) is 0 Å². The van der Waals surface area contributed by atoms with Gasteiger partial charge in [-0.1, -0.05) is 31.2 Å². The zero-order valence-corrected chi connectivity index (χ0v) is 18.7. The molecule has 8 nitrogen and oxygen atoms in total. The van der Waals surface area contributed by atoms with Crippen molar-refractivity contribution in [3.05, 3.63) is 35.4 Å². The largest absolute Gasteiger partial charge is 0.436 e. The van der Waals surface area contributed by atoms with Crippen molar-refractivity contribution in [3.63, 3.8) is 0 Å². The second-order valence-corrected chi connectivity index (χ2v) is 9.05. The van der Waals surface area contributed by atoms with E-state index in [0.717, 1.165) is 25.9 Å². The van der Waals surface area contributed by atoms with Gasteiger partial charge in [0.25, 0.3) is 5.91 Å². The first-order chi connectivity index (χ1) is 15.5. The molecule has 2 aliphatic heterocycles. The Bertz CT molecular complexity index is 854. The molecule has 1 N–H and O–H groups in total. The minimum absolute atomic E-state index is 0.217. The van der Waals surface area contributed by atoms with Crippen LogP contribution in [0.3, 0.4) is 0 Å². The van der Waals surface area contributed by atoms with Crippen molar-refractivity contribution >= 4 is 12.0 Å². The summed E-state index contributed by atoms with van der Waals surface area (Å²) in [4.78, 5) is 29.9. The number of likely N-dealkylation sites (tertiary alicyclic amines) is 1. The highest BCUT2D eigenvalue weighted by atomic mass is 16.6. The molecule has 32 heavy (non-hydrogen) atoms. The molecule has 0 radical (unpaired) electrons. The minimum Gasteiger partial charge on any atom is -0.436 e. The maximum atomic E-state index is 13.3. The molecule has 2 atom stereocenters. The smallest absolute Gasteiger partial charge is 0.410 e. The van der Waals surface area contributed by atoms with Gasteiger partial charge in [0.05, 0.1) is 19.3 Å². The van der Waals surface area contributed by atoms with Crippen molar-refractivity contribution in [1.82, 2.24) is 15.1 Å². The Kier molecular flexibility index (Phi) is 6.97. The lowest BCUT2D eigenvalue weighted by Gasteiger charge is -2.30. The highest BCUT2D eigenvalue weighted by Crippen LogP contribution is 2.30. The molecule has 1 aliphatic carbocycles. The Labute approximate surface area is 189 Å². The van der Waals surface area contributed by atoms with Crippen molar-refractivity contribution in [2.24, 2.45) is 5.92 Å². The van der Waals surface area contributed by atoms with Crippen molar-refractivity contribution in [2.75, 3.05) is 45.9 Å². The van der Waals surface area contributed by atoms with Crippen molar-refractivity contribution < 1.29 is 19.1 Å². The molecule has 3 aliphatic rings. The van der Waals surface area contributed by atoms with Crippen LogP contribution in [0.5, 0.6) is 0 Å². The average Bonchev–Trinajstić information content (AvgIpc) is 3.43. The van der Waals surface area contributed by atoms with Crippen LogP contribution < -0.4 is 5.32 Å². The minimum atomic E-state index is -0.935. The lowest BCUT2D eigenvalue weighted by atomic mass is 9.96. The fourth-order valence-corrected chi connectivity index (χ4v) is 4.97. The van der Waals surface area contributed by atoms with Gasteiger partial charge >= 0.3 is 6.09 Å². The van der Waals surface area contributed by atoms with Crippen LogP contribution in [0.4, 0.5) is 4.79 Å². The molecule has 8 heteroatoms. The summed E-state index contributed by atoms with van der Waals surface area (Å²) in [6.07, 6.45) is 1.32. The normalized spacial score (nSPS) is 24.6. The van der Waals surface area contributed by atoms with E-state index < -0.39 is 17.7 Å². The number of fused-ring (bicyclic) bond motifs is 1. The first-order valence-corrected chi connectivity index (χ1v) is 11.6. The standard InChI is InChI=1S/C24H32N4O4/c1-2-27-8-7-24(16-25,17-27)26-22(29)21(32-23(30)28-9-11-31-12-10-28)15-18-13-19-5-3-4-6-20(19)14-18/h3-6,18,21H,2,7-15,17H2,1H3,(H,26,29). The summed E-state index contributed by atoms with van der Waals surface area (Å²) >= 11 is 0. The van der Waals surface area contributed by atoms with Crippen LogP contribution >= 0.6 is 0 Å². The number of nitrogens with one attached hydrogen (secondary N) is 1. The highest BCUT2D eigenvalue weighted by Gasteiger charge is 2.42. The Morgan fingerprint density at radius 1 is 1.25 bits per heavy atom. The fourth-order valence-electron chi connectivity index (χ4n) is 4.97. The maximum Gasteiger partial charge on any atom is 0.410 e. The number of carbonyl (C=O) groups is 2. The Hall–Kier alpha value is -2.63. The predicted molar refractivity (Wildman–Crippen MR) is 118 cm³/mol. The van der Waals surface area contributed by atoms with Gasteiger partial charge in [0.15, 0.2) is 6.10 Å². The van der Waals surface area contributed by atoms with Gasteiger partial charge in [-0.05, 0) is 49.3 Å². The van der Waals surface area contributed by atoms with E-state index in [1.54, 1.807) is 4.90 Å². The molecule has 2 saturated heterocycles. The first kappa shape index (κ1) is 22.6. The van der Waals surface area contributed by atoms with Crippen LogP contribution in [0.15, 0.2) is 24.3 Å². The van der Waals surface area contributed by atoms with Crippen LogP contribution in [0.25, 0.3) is 0 Å². The number of hydrogen-bond donors (Lipinski definition) is 1. The van der Waals surface area contributed by atoms with Crippen molar-refractivity contribution in [1.29, 1.82) is 5.26 Å². The average molecular weight is 441 g/mol. The number of hydrogen-bond acceptors (Lipinski definition) is 6. The molecule has 1 aromatic rings. The van der Waals surface area contributed by atoms with Crippen LogP contribution in [-0.4, -0.2) is 79.4 Å². The summed E-state index contributed by atoms with van der Waals surface area (Å²) in [7, 11) is 0. The van der Waals surface area contributed by atoms with Crippen molar-refractivity contribution in [2.45, 2.75) is 44.2 Å². The molecule has 0 saturated carbocycles. The SMILES string of the molecule is CCN1CCC(C#N)(NC(=O)C(CC2Cc3ccccc3C2)OC(=O)N2CCOCC2)C1. The van der Waals surface area contributed by atoms with Gasteiger partial charge in [-0.2, -0.15) is 5.26 Å². The topological polar surface area (TPSA) is 94.9 Å². The quantitative estimate of drug-likeness (QED) is 0.724. The summed E-state index contributed by atoms with van der Waals surface area (Å²) in [5.41, 5.74) is 1.65. The van der Waals surface area contributed by atoms with Crippen LogP contribution in [-0.2, 0) is 27.1 Å². The van der Waals surface area contributed by atoms with Gasteiger partial charge in [0.2, 0.25) is 0 Å². The zero-order valence-electron chi connectivity index (χ0n) is 18.7. The third-order valence-corrected chi connectivity index (χ3v) is 6.86. The maximum absolute atomic E-state index is 13.3. The summed E-state index contributed by atoms with van der Waals surface area (Å²) in [5.74, 6) is -0.156. The molecule has 4 rings (SSSR count). The van der Waals surface area contributed by atoms with Gasteiger partial charge < -0.3 is 24.6 Å². The summed E-state index contributed by atoms with van der Waals surface area (Å²) in [6.45, 7) is 5.97. The number of morpholine rings is 1. The molecule has 2 unspecified atom stereocenters. The number of nitriles is 1. The van der Waals surface area contributed by atoms with E-state index in [2.05, 4.69) is 28.4 Å². The predicted octanol–water partition coefficient (Wildman–Crippen LogP) is 1.73. The molecule has 0 spiro atoms. The summed E-state index contributed by atoms with van der Waals surface area (Å²) < 4.78 is 11.1. The second kappa shape index (κ2) is 9.88. The number of rotatable bonds is 6. The number of carbonyl (C=O) groups excluding carboxylic acids is 2. The van der Waals surface area contributed by atoms with Gasteiger partial charge in [-0.25, -0.2) is 4.79 Å². The lowest BCUT2D eigenvalue weighted by Crippen LogP contribution is -2.54. The van der Waals surface area contributed by atoms with Crippen LogP contribution in [0, 0.1) is 17.2 Å². The molecule has 2 amide bonds. The second-order valence-electron chi connectivity index (χ2n) is 9.05. The molecule has 1 aromatic carbocycles. The third-order valence-electron chi connectivity index (χ3n) is 6.86. The van der Waals surface area contributed by atoms with E-state index >= 15 is 0 Å². The number of benzene rings is 1. The van der Waals surface area contributed by atoms with E-state index in [4.69, 9.17) is 9.47 Å². The lowest BCUT2D eigenvalue weighted by molar-refractivity contribution is -0.132. The monoisotopic (exact) mass is 440 g/mol. The summed E-state index contributed by atoms with van der Waals surface area (Å²) in [6, 6.07) is 10.6. The number of nitrogens with zero attached hydrogens (tertiary/aromatic N) is 3. The fraction of sp³-hybridized carbons (Fsp3) is 0.625. The summed E-state index contributed by atoms with van der Waals surface area (Å²) in [5, 5.41) is 12.8. The molecule has 0 aromatic heterocycles. The van der Waals surface area contributed by atoms with E-state index in [1.807, 2.05) is 19.1 Å². The van der Waals surface area contributed by atoms with E-state index in [1.165, 1.54) is 11.1 Å².